The lowest BCUT2D eigenvalue weighted by Gasteiger charge is -2.28. The molecule has 1 aliphatic carbocycles. The number of anilines is 2. The largest absolute Gasteiger partial charge is 0.354 e. The van der Waals surface area contributed by atoms with Gasteiger partial charge in [-0.15, -0.1) is 11.3 Å². The van der Waals surface area contributed by atoms with Gasteiger partial charge < -0.3 is 15.5 Å². The molecule has 37 heavy (non-hydrogen) atoms. The van der Waals surface area contributed by atoms with Crippen molar-refractivity contribution in [2.24, 2.45) is 0 Å². The van der Waals surface area contributed by atoms with Gasteiger partial charge in [0.05, 0.1) is 10.6 Å². The molecule has 0 bridgehead atoms. The van der Waals surface area contributed by atoms with E-state index in [1.165, 1.54) is 23.0 Å². The topological polar surface area (TPSA) is 70.2 Å². The maximum Gasteiger partial charge on any atom is 0.284 e. The number of aromatic nitrogens is 2. The predicted molar refractivity (Wildman–Crippen MR) is 142 cm³/mol. The molecule has 1 aliphatic heterocycles. The Kier molecular flexibility index (Phi) is 6.40. The van der Waals surface area contributed by atoms with Crippen LogP contribution in [0.1, 0.15) is 27.5 Å². The highest BCUT2D eigenvalue weighted by Crippen LogP contribution is 2.39. The van der Waals surface area contributed by atoms with Crippen LogP contribution in [0.5, 0.6) is 0 Å². The van der Waals surface area contributed by atoms with Gasteiger partial charge in [-0.05, 0) is 66.3 Å². The number of fused-ring (bicyclic) bond motifs is 3. The fraction of sp³-hybridized carbons (Fsp3) is 0.250. The number of nitrogens with zero attached hydrogens (tertiary/aromatic N) is 3. The molecule has 1 fully saturated rings. The number of amides is 1. The van der Waals surface area contributed by atoms with Crippen molar-refractivity contribution in [3.05, 3.63) is 82.6 Å². The zero-order valence-electron chi connectivity index (χ0n) is 20.1. The number of carbonyl (C=O) groups is 1. The van der Waals surface area contributed by atoms with Gasteiger partial charge in [0.25, 0.3) is 5.91 Å². The molecule has 188 valence electrons. The van der Waals surface area contributed by atoms with Crippen molar-refractivity contribution in [3.8, 4) is 21.6 Å². The van der Waals surface area contributed by atoms with E-state index < -0.39 is 23.2 Å². The van der Waals surface area contributed by atoms with Gasteiger partial charge in [0, 0.05) is 37.9 Å². The molecule has 9 heteroatoms. The van der Waals surface area contributed by atoms with E-state index in [0.717, 1.165) is 90.7 Å². The lowest BCUT2D eigenvalue weighted by atomic mass is 9.98. The second kappa shape index (κ2) is 9.99. The number of hydrogen-bond acceptors (Lipinski definition) is 6. The minimum Gasteiger partial charge on any atom is -0.354 e. The van der Waals surface area contributed by atoms with Crippen LogP contribution in [-0.4, -0.2) is 42.1 Å². The van der Waals surface area contributed by atoms with Gasteiger partial charge in [-0.3, -0.25) is 4.79 Å². The lowest BCUT2D eigenvalue weighted by Crippen LogP contribution is -2.43. The van der Waals surface area contributed by atoms with E-state index in [9.17, 15) is 13.6 Å². The summed E-state index contributed by atoms with van der Waals surface area (Å²) in [5.74, 6) is -1.28. The number of hydrogen-bond donors (Lipinski definition) is 2. The van der Waals surface area contributed by atoms with Crippen molar-refractivity contribution in [1.29, 1.82) is 0 Å². The lowest BCUT2D eigenvalue weighted by molar-refractivity contribution is 0.102. The molecule has 3 heterocycles. The molecule has 6 nitrogen and oxygen atoms in total. The highest BCUT2D eigenvalue weighted by atomic mass is 32.1. The Morgan fingerprint density at radius 2 is 1.78 bits per heavy atom. The monoisotopic (exact) mass is 517 g/mol. The first kappa shape index (κ1) is 23.7. The molecular formula is C28H25F2N5OS. The number of rotatable bonds is 4. The molecule has 4 aromatic rings. The summed E-state index contributed by atoms with van der Waals surface area (Å²) in [5.41, 5.74) is 4.68. The van der Waals surface area contributed by atoms with Gasteiger partial charge in [-0.2, -0.15) is 0 Å². The fourth-order valence-electron chi connectivity index (χ4n) is 4.88. The van der Waals surface area contributed by atoms with E-state index in [-0.39, 0.29) is 5.01 Å². The molecule has 2 aromatic heterocycles. The number of halogens is 2. The Labute approximate surface area is 217 Å². The summed E-state index contributed by atoms with van der Waals surface area (Å²) in [6.07, 6.45) is 4.47. The van der Waals surface area contributed by atoms with Gasteiger partial charge in [0.1, 0.15) is 23.1 Å². The highest BCUT2D eigenvalue weighted by molar-refractivity contribution is 7.17. The normalized spacial score (nSPS) is 15.0. The number of carbonyl (C=O) groups excluding carboxylic acids is 1. The standard InChI is InChI=1S/C28H25F2N5OS/c29-21-4-2-5-22(30)25(21)34-27(36)28-33-23-6-1-3-17-7-8-18(15-20(17)26(23)37-28)19-9-10-24(32-16-19)35-13-11-31-12-14-35/h2,4-5,7-10,15-16,31H,1,3,6,11-14H2,(H,34,36). The predicted octanol–water partition coefficient (Wildman–Crippen LogP) is 5.30. The molecule has 0 unspecified atom stereocenters. The summed E-state index contributed by atoms with van der Waals surface area (Å²) < 4.78 is 28.1. The van der Waals surface area contributed by atoms with Crippen LogP contribution in [0.25, 0.3) is 21.6 Å². The van der Waals surface area contributed by atoms with Crippen LogP contribution in [0.2, 0.25) is 0 Å². The van der Waals surface area contributed by atoms with Crippen LogP contribution < -0.4 is 15.5 Å². The highest BCUT2D eigenvalue weighted by Gasteiger charge is 2.24. The zero-order valence-corrected chi connectivity index (χ0v) is 20.9. The first-order chi connectivity index (χ1) is 18.1. The van der Waals surface area contributed by atoms with E-state index in [1.54, 1.807) is 0 Å². The quantitative estimate of drug-likeness (QED) is 0.385. The number of nitrogens with one attached hydrogen (secondary N) is 2. The number of aryl methyl sites for hydroxylation is 2. The molecule has 0 atom stereocenters. The zero-order chi connectivity index (χ0) is 25.4. The van der Waals surface area contributed by atoms with Crippen LogP contribution in [-0.2, 0) is 12.8 Å². The molecule has 0 saturated carbocycles. The summed E-state index contributed by atoms with van der Waals surface area (Å²) >= 11 is 1.26. The Morgan fingerprint density at radius 3 is 2.54 bits per heavy atom. The van der Waals surface area contributed by atoms with E-state index in [1.807, 2.05) is 6.20 Å². The van der Waals surface area contributed by atoms with Crippen LogP contribution in [0.15, 0.2) is 54.7 Å². The number of piperazine rings is 1. The maximum atomic E-state index is 14.1. The summed E-state index contributed by atoms with van der Waals surface area (Å²) in [7, 11) is 0. The van der Waals surface area contributed by atoms with Crippen LogP contribution >= 0.6 is 11.3 Å². The van der Waals surface area contributed by atoms with Crippen LogP contribution in [0.3, 0.4) is 0 Å². The second-order valence-electron chi connectivity index (χ2n) is 9.21. The van der Waals surface area contributed by atoms with Gasteiger partial charge >= 0.3 is 0 Å². The molecule has 2 N–H and O–H groups in total. The average molecular weight is 518 g/mol. The third kappa shape index (κ3) is 4.72. The Morgan fingerprint density at radius 1 is 1.00 bits per heavy atom. The van der Waals surface area contributed by atoms with Crippen LogP contribution in [0.4, 0.5) is 20.3 Å². The number of pyridine rings is 1. The molecule has 1 amide bonds. The van der Waals surface area contributed by atoms with Gasteiger partial charge in [0.2, 0.25) is 0 Å². The fourth-order valence-corrected chi connectivity index (χ4v) is 5.94. The van der Waals surface area contributed by atoms with Crippen molar-refractivity contribution in [2.75, 3.05) is 36.4 Å². The molecule has 6 rings (SSSR count). The van der Waals surface area contributed by atoms with Gasteiger partial charge in [-0.25, -0.2) is 18.7 Å². The van der Waals surface area contributed by atoms with Gasteiger partial charge in [-0.1, -0.05) is 18.2 Å². The number of benzene rings is 2. The second-order valence-corrected chi connectivity index (χ2v) is 10.2. The van der Waals surface area contributed by atoms with E-state index in [0.29, 0.717) is 0 Å². The minimum absolute atomic E-state index is 0.188. The molecule has 0 spiro atoms. The average Bonchev–Trinajstić information content (AvgIpc) is 3.28. The molecule has 1 saturated heterocycles. The Balaban J connectivity index is 1.30. The molecule has 2 aromatic carbocycles. The minimum atomic E-state index is -0.821. The van der Waals surface area contributed by atoms with Crippen molar-refractivity contribution in [3.63, 3.8) is 0 Å². The Hall–Kier alpha value is -3.69. The van der Waals surface area contributed by atoms with E-state index in [2.05, 4.69) is 50.8 Å². The van der Waals surface area contributed by atoms with Crippen molar-refractivity contribution < 1.29 is 13.6 Å². The third-order valence-electron chi connectivity index (χ3n) is 6.83. The SMILES string of the molecule is O=C(Nc1c(F)cccc1F)c1nc2c(s1)-c1cc(-c3ccc(N4CCNCC4)nc3)ccc1CCC2. The molecule has 2 aliphatic rings. The molecular weight excluding hydrogens is 492 g/mol. The summed E-state index contributed by atoms with van der Waals surface area (Å²) in [5, 5.41) is 5.90. The van der Waals surface area contributed by atoms with E-state index >= 15 is 0 Å². The van der Waals surface area contributed by atoms with Crippen molar-refractivity contribution in [2.45, 2.75) is 19.3 Å². The first-order valence-corrected chi connectivity index (χ1v) is 13.2. The van der Waals surface area contributed by atoms with E-state index in [4.69, 9.17) is 4.98 Å². The number of thiazole rings is 1. The summed E-state index contributed by atoms with van der Waals surface area (Å²) in [6, 6.07) is 14.0. The molecule has 0 radical (unpaired) electrons. The summed E-state index contributed by atoms with van der Waals surface area (Å²) in [6.45, 7) is 3.80. The van der Waals surface area contributed by atoms with Crippen molar-refractivity contribution in [1.82, 2.24) is 15.3 Å². The smallest absolute Gasteiger partial charge is 0.284 e. The first-order valence-electron chi connectivity index (χ1n) is 12.4. The third-order valence-corrected chi connectivity index (χ3v) is 7.96. The Bertz CT molecular complexity index is 1440. The van der Waals surface area contributed by atoms with Crippen molar-refractivity contribution >= 4 is 28.7 Å². The summed E-state index contributed by atoms with van der Waals surface area (Å²) in [4.78, 5) is 25.4. The maximum absolute atomic E-state index is 14.1. The van der Waals surface area contributed by atoms with Crippen LogP contribution in [0, 0.1) is 11.6 Å². The van der Waals surface area contributed by atoms with Gasteiger partial charge in [0.15, 0.2) is 5.01 Å². The number of para-hydroxylation sites is 1.